The predicted molar refractivity (Wildman–Crippen MR) is 100 cm³/mol. The van der Waals surface area contributed by atoms with Crippen molar-refractivity contribution in [2.45, 2.75) is 13.5 Å². The van der Waals surface area contributed by atoms with Crippen LogP contribution in [0, 0.1) is 0 Å². The van der Waals surface area contributed by atoms with Crippen molar-refractivity contribution in [3.63, 3.8) is 0 Å². The molecule has 5 nitrogen and oxygen atoms in total. The van der Waals surface area contributed by atoms with Crippen LogP contribution in [-0.2, 0) is 11.3 Å². The number of nitrogens with zero attached hydrogens (tertiary/aromatic N) is 2. The van der Waals surface area contributed by atoms with Crippen LogP contribution >= 0.6 is 0 Å². The van der Waals surface area contributed by atoms with Gasteiger partial charge in [0.2, 0.25) is 0 Å². The first-order valence-electron chi connectivity index (χ1n) is 8.35. The van der Waals surface area contributed by atoms with Gasteiger partial charge < -0.3 is 19.3 Å². The monoisotopic (exact) mass is 342 g/mol. The number of hydrogen-bond donors (Lipinski definition) is 0. The Balaban J connectivity index is 1.83. The molecule has 0 saturated heterocycles. The van der Waals surface area contributed by atoms with Gasteiger partial charge in [-0.25, -0.2) is 0 Å². The molecule has 2 aromatic rings. The van der Waals surface area contributed by atoms with Crippen LogP contribution in [0.3, 0.4) is 0 Å². The molecule has 0 fully saturated rings. The average Bonchev–Trinajstić information content (AvgIpc) is 2.61. The molecule has 0 aromatic heterocycles. The minimum absolute atomic E-state index is 0.0141. The van der Waals surface area contributed by atoms with Gasteiger partial charge in [-0.2, -0.15) is 0 Å². The van der Waals surface area contributed by atoms with Crippen molar-refractivity contribution in [3.8, 4) is 11.5 Å². The van der Waals surface area contributed by atoms with Gasteiger partial charge in [0.1, 0.15) is 11.5 Å². The first kappa shape index (κ1) is 18.6. The standard InChI is InChI=1S/C20H26N2O3/c1-5-24-18-10-12-19(13-11-18)25-15-20(23)22(4)14-16-6-8-17(9-7-16)21(2)3/h6-13H,5,14-15H2,1-4H3. The molecular weight excluding hydrogens is 316 g/mol. The fourth-order valence-electron chi connectivity index (χ4n) is 2.32. The second-order valence-corrected chi connectivity index (χ2v) is 6.00. The Morgan fingerprint density at radius 2 is 1.44 bits per heavy atom. The number of hydrogen-bond acceptors (Lipinski definition) is 4. The number of amides is 1. The summed E-state index contributed by atoms with van der Waals surface area (Å²) in [6.45, 7) is 3.13. The zero-order valence-corrected chi connectivity index (χ0v) is 15.4. The van der Waals surface area contributed by atoms with Gasteiger partial charge in [0.05, 0.1) is 6.61 Å². The summed E-state index contributed by atoms with van der Waals surface area (Å²) in [6, 6.07) is 15.4. The fraction of sp³-hybridized carbons (Fsp3) is 0.350. The third-order valence-electron chi connectivity index (χ3n) is 3.80. The van der Waals surface area contributed by atoms with Crippen LogP contribution in [0.1, 0.15) is 12.5 Å². The van der Waals surface area contributed by atoms with Crippen molar-refractivity contribution in [2.75, 3.05) is 39.3 Å². The second-order valence-electron chi connectivity index (χ2n) is 6.00. The highest BCUT2D eigenvalue weighted by atomic mass is 16.5. The Kier molecular flexibility index (Phi) is 6.69. The summed E-state index contributed by atoms with van der Waals surface area (Å²) in [5.74, 6) is 1.38. The maximum absolute atomic E-state index is 12.2. The van der Waals surface area contributed by atoms with Gasteiger partial charge in [-0.3, -0.25) is 4.79 Å². The molecule has 5 heteroatoms. The molecule has 0 unspecified atom stereocenters. The van der Waals surface area contributed by atoms with E-state index in [9.17, 15) is 4.79 Å². The third-order valence-corrected chi connectivity index (χ3v) is 3.80. The molecule has 25 heavy (non-hydrogen) atoms. The van der Waals surface area contributed by atoms with Crippen LogP contribution in [0.4, 0.5) is 5.69 Å². The Labute approximate surface area is 149 Å². The number of ether oxygens (including phenoxy) is 2. The van der Waals surface area contributed by atoms with Crippen LogP contribution in [0.5, 0.6) is 11.5 Å². The Morgan fingerprint density at radius 3 is 1.96 bits per heavy atom. The van der Waals surface area contributed by atoms with Crippen molar-refractivity contribution in [1.29, 1.82) is 0 Å². The Bertz CT molecular complexity index is 666. The molecule has 0 atom stereocenters. The zero-order valence-electron chi connectivity index (χ0n) is 15.4. The van der Waals surface area contributed by atoms with E-state index in [0.29, 0.717) is 18.9 Å². The van der Waals surface area contributed by atoms with Crippen molar-refractivity contribution in [2.24, 2.45) is 0 Å². The number of carbonyl (C=O) groups excluding carboxylic acids is 1. The highest BCUT2D eigenvalue weighted by Gasteiger charge is 2.10. The van der Waals surface area contributed by atoms with Crippen LogP contribution in [0.15, 0.2) is 48.5 Å². The number of anilines is 1. The summed E-state index contributed by atoms with van der Waals surface area (Å²) in [5, 5.41) is 0. The minimum atomic E-state index is -0.0643. The first-order valence-corrected chi connectivity index (χ1v) is 8.35. The smallest absolute Gasteiger partial charge is 0.260 e. The van der Waals surface area contributed by atoms with E-state index < -0.39 is 0 Å². The van der Waals surface area contributed by atoms with Crippen molar-refractivity contribution >= 4 is 11.6 Å². The number of rotatable bonds is 8. The Morgan fingerprint density at radius 1 is 0.880 bits per heavy atom. The normalized spacial score (nSPS) is 10.2. The second kappa shape index (κ2) is 8.97. The molecule has 0 aliphatic carbocycles. The highest BCUT2D eigenvalue weighted by Crippen LogP contribution is 2.18. The molecule has 2 aromatic carbocycles. The first-order chi connectivity index (χ1) is 12.0. The van der Waals surface area contributed by atoms with E-state index >= 15 is 0 Å². The van der Waals surface area contributed by atoms with Crippen LogP contribution in [0.25, 0.3) is 0 Å². The van der Waals surface area contributed by atoms with Crippen LogP contribution in [-0.4, -0.2) is 45.2 Å². The van der Waals surface area contributed by atoms with E-state index in [1.54, 1.807) is 24.1 Å². The molecule has 134 valence electrons. The zero-order chi connectivity index (χ0) is 18.2. The third kappa shape index (κ3) is 5.71. The van der Waals surface area contributed by atoms with Gasteiger partial charge in [-0.05, 0) is 48.9 Å². The van der Waals surface area contributed by atoms with Gasteiger partial charge in [0.15, 0.2) is 6.61 Å². The fourth-order valence-corrected chi connectivity index (χ4v) is 2.32. The lowest BCUT2D eigenvalue weighted by Crippen LogP contribution is -2.30. The molecule has 0 bridgehead atoms. The number of likely N-dealkylation sites (N-methyl/N-ethyl adjacent to an activating group) is 1. The van der Waals surface area contributed by atoms with E-state index in [0.717, 1.165) is 17.0 Å². The van der Waals surface area contributed by atoms with Crippen LogP contribution in [0.2, 0.25) is 0 Å². The van der Waals surface area contributed by atoms with Gasteiger partial charge in [0.25, 0.3) is 5.91 Å². The van der Waals surface area contributed by atoms with E-state index in [4.69, 9.17) is 9.47 Å². The molecule has 1 amide bonds. The molecule has 0 saturated carbocycles. The van der Waals surface area contributed by atoms with Gasteiger partial charge in [-0.1, -0.05) is 12.1 Å². The van der Waals surface area contributed by atoms with Gasteiger partial charge in [-0.15, -0.1) is 0 Å². The largest absolute Gasteiger partial charge is 0.494 e. The Hall–Kier alpha value is -2.69. The molecule has 0 spiro atoms. The lowest BCUT2D eigenvalue weighted by molar-refractivity contribution is -0.132. The van der Waals surface area contributed by atoms with E-state index in [1.165, 1.54) is 0 Å². The highest BCUT2D eigenvalue weighted by molar-refractivity contribution is 5.77. The van der Waals surface area contributed by atoms with Gasteiger partial charge in [0, 0.05) is 33.4 Å². The summed E-state index contributed by atoms with van der Waals surface area (Å²) in [7, 11) is 5.79. The lowest BCUT2D eigenvalue weighted by atomic mass is 10.2. The lowest BCUT2D eigenvalue weighted by Gasteiger charge is -2.18. The van der Waals surface area contributed by atoms with Crippen LogP contribution < -0.4 is 14.4 Å². The molecule has 0 aliphatic rings. The summed E-state index contributed by atoms with van der Waals surface area (Å²) in [6.07, 6.45) is 0. The molecule has 0 aliphatic heterocycles. The maximum atomic E-state index is 12.2. The molecule has 2 rings (SSSR count). The molecule has 0 N–H and O–H groups in total. The topological polar surface area (TPSA) is 42.0 Å². The summed E-state index contributed by atoms with van der Waals surface area (Å²) >= 11 is 0. The molecule has 0 radical (unpaired) electrons. The summed E-state index contributed by atoms with van der Waals surface area (Å²) in [4.78, 5) is 15.9. The van der Waals surface area contributed by atoms with E-state index in [2.05, 4.69) is 0 Å². The van der Waals surface area contributed by atoms with E-state index in [-0.39, 0.29) is 12.5 Å². The summed E-state index contributed by atoms with van der Waals surface area (Å²) in [5.41, 5.74) is 2.22. The summed E-state index contributed by atoms with van der Waals surface area (Å²) < 4.78 is 10.9. The molecular formula is C20H26N2O3. The van der Waals surface area contributed by atoms with Crippen molar-refractivity contribution < 1.29 is 14.3 Å². The quantitative estimate of drug-likeness (QED) is 0.739. The minimum Gasteiger partial charge on any atom is -0.494 e. The number of benzene rings is 2. The predicted octanol–water partition coefficient (Wildman–Crippen LogP) is 3.19. The average molecular weight is 342 g/mol. The van der Waals surface area contributed by atoms with Crippen molar-refractivity contribution in [3.05, 3.63) is 54.1 Å². The number of carbonyl (C=O) groups is 1. The van der Waals surface area contributed by atoms with E-state index in [1.807, 2.05) is 62.3 Å². The SMILES string of the molecule is CCOc1ccc(OCC(=O)N(C)Cc2ccc(N(C)C)cc2)cc1. The van der Waals surface area contributed by atoms with Crippen molar-refractivity contribution in [1.82, 2.24) is 4.90 Å². The maximum Gasteiger partial charge on any atom is 0.260 e. The molecule has 0 heterocycles. The van der Waals surface area contributed by atoms with Gasteiger partial charge >= 0.3 is 0 Å².